The van der Waals surface area contributed by atoms with Gasteiger partial charge in [-0.15, -0.1) is 11.8 Å². The molecule has 3 aromatic heterocycles. The van der Waals surface area contributed by atoms with E-state index in [0.717, 1.165) is 40.0 Å². The number of pyridine rings is 1. The van der Waals surface area contributed by atoms with E-state index >= 15 is 0 Å². The molecule has 0 saturated heterocycles. The van der Waals surface area contributed by atoms with Crippen molar-refractivity contribution in [3.8, 4) is 11.3 Å². The van der Waals surface area contributed by atoms with E-state index in [1.165, 1.54) is 12.1 Å². The van der Waals surface area contributed by atoms with Crippen molar-refractivity contribution in [2.45, 2.75) is 5.03 Å². The van der Waals surface area contributed by atoms with Crippen LogP contribution in [-0.4, -0.2) is 31.9 Å². The van der Waals surface area contributed by atoms with Gasteiger partial charge in [-0.2, -0.15) is 9.61 Å². The first-order valence-electron chi connectivity index (χ1n) is 8.18. The Morgan fingerprint density at radius 3 is 2.73 bits per heavy atom. The molecule has 0 atom stereocenters. The summed E-state index contributed by atoms with van der Waals surface area (Å²) in [7, 11) is 0. The number of anilines is 1. The maximum absolute atomic E-state index is 13.2. The standard InChI is InChI=1S/C19H16FN5S/c20-15-6-4-14(5-7-15)16-13-18(25-17(24-16)8-10-23-25)21-11-12-26-19-3-1-2-9-22-19/h1-10,13,21H,11-12H2. The molecule has 0 aliphatic rings. The zero-order chi connectivity index (χ0) is 17.8. The number of thioether (sulfide) groups is 1. The van der Waals surface area contributed by atoms with E-state index in [1.54, 1.807) is 40.8 Å². The minimum atomic E-state index is -0.260. The summed E-state index contributed by atoms with van der Waals surface area (Å²) in [4.78, 5) is 8.90. The molecule has 4 rings (SSSR count). The van der Waals surface area contributed by atoms with Crippen molar-refractivity contribution in [1.29, 1.82) is 0 Å². The van der Waals surface area contributed by atoms with E-state index in [0.29, 0.717) is 0 Å². The number of rotatable bonds is 6. The third-order valence-electron chi connectivity index (χ3n) is 3.80. The molecule has 0 aliphatic carbocycles. The predicted octanol–water partition coefficient (Wildman–Crippen LogP) is 4.13. The summed E-state index contributed by atoms with van der Waals surface area (Å²) < 4.78 is 14.9. The first-order chi connectivity index (χ1) is 12.8. The summed E-state index contributed by atoms with van der Waals surface area (Å²) in [6.45, 7) is 0.753. The Hall–Kier alpha value is -2.93. The molecule has 5 nitrogen and oxygen atoms in total. The van der Waals surface area contributed by atoms with E-state index in [-0.39, 0.29) is 5.82 Å². The maximum Gasteiger partial charge on any atom is 0.157 e. The maximum atomic E-state index is 13.2. The number of hydrogen-bond acceptors (Lipinski definition) is 5. The first kappa shape index (κ1) is 16.5. The minimum absolute atomic E-state index is 0.260. The van der Waals surface area contributed by atoms with Crippen molar-refractivity contribution in [2.24, 2.45) is 0 Å². The van der Waals surface area contributed by atoms with Crippen molar-refractivity contribution in [2.75, 3.05) is 17.6 Å². The van der Waals surface area contributed by atoms with E-state index in [4.69, 9.17) is 0 Å². The van der Waals surface area contributed by atoms with Gasteiger partial charge < -0.3 is 5.32 Å². The Labute approximate surface area is 154 Å². The molecule has 130 valence electrons. The fourth-order valence-electron chi connectivity index (χ4n) is 2.57. The molecule has 0 unspecified atom stereocenters. The van der Waals surface area contributed by atoms with Gasteiger partial charge in [0.15, 0.2) is 5.65 Å². The average molecular weight is 365 g/mol. The van der Waals surface area contributed by atoms with Gasteiger partial charge in [0.1, 0.15) is 11.6 Å². The summed E-state index contributed by atoms with van der Waals surface area (Å²) in [5.74, 6) is 1.46. The van der Waals surface area contributed by atoms with E-state index in [1.807, 2.05) is 30.3 Å². The van der Waals surface area contributed by atoms with Gasteiger partial charge in [-0.05, 0) is 36.4 Å². The Morgan fingerprint density at radius 1 is 1.04 bits per heavy atom. The smallest absolute Gasteiger partial charge is 0.157 e. The van der Waals surface area contributed by atoms with Crippen LogP contribution in [0.5, 0.6) is 0 Å². The van der Waals surface area contributed by atoms with Crippen LogP contribution in [0.25, 0.3) is 16.9 Å². The molecule has 1 aromatic carbocycles. The molecule has 7 heteroatoms. The number of nitrogens with one attached hydrogen (secondary N) is 1. The quantitative estimate of drug-likeness (QED) is 0.411. The van der Waals surface area contributed by atoms with E-state index in [2.05, 4.69) is 20.4 Å². The van der Waals surface area contributed by atoms with Gasteiger partial charge in [-0.1, -0.05) is 6.07 Å². The second kappa shape index (κ2) is 7.53. The second-order valence-corrected chi connectivity index (χ2v) is 6.69. The zero-order valence-corrected chi connectivity index (χ0v) is 14.7. The lowest BCUT2D eigenvalue weighted by Gasteiger charge is -2.10. The van der Waals surface area contributed by atoms with E-state index in [9.17, 15) is 4.39 Å². The van der Waals surface area contributed by atoms with Crippen molar-refractivity contribution < 1.29 is 4.39 Å². The first-order valence-corrected chi connectivity index (χ1v) is 9.16. The second-order valence-electron chi connectivity index (χ2n) is 5.58. The predicted molar refractivity (Wildman–Crippen MR) is 102 cm³/mol. The molecule has 0 amide bonds. The molecule has 4 aromatic rings. The molecule has 3 heterocycles. The van der Waals surface area contributed by atoms with Crippen LogP contribution in [0.3, 0.4) is 0 Å². The third kappa shape index (κ3) is 3.67. The zero-order valence-electron chi connectivity index (χ0n) is 13.8. The van der Waals surface area contributed by atoms with Crippen LogP contribution in [-0.2, 0) is 0 Å². The lowest BCUT2D eigenvalue weighted by molar-refractivity contribution is 0.628. The molecular weight excluding hydrogens is 349 g/mol. The molecule has 0 saturated carbocycles. The van der Waals surface area contributed by atoms with Crippen LogP contribution in [0.4, 0.5) is 10.2 Å². The monoisotopic (exact) mass is 365 g/mol. The number of nitrogens with zero attached hydrogens (tertiary/aromatic N) is 4. The molecular formula is C19H16FN5S. The number of hydrogen-bond donors (Lipinski definition) is 1. The van der Waals surface area contributed by atoms with Gasteiger partial charge in [0.2, 0.25) is 0 Å². The van der Waals surface area contributed by atoms with Crippen molar-refractivity contribution in [3.05, 3.63) is 72.8 Å². The summed E-state index contributed by atoms with van der Waals surface area (Å²) in [6, 6.07) is 16.0. The van der Waals surface area contributed by atoms with Crippen LogP contribution < -0.4 is 5.32 Å². The summed E-state index contributed by atoms with van der Waals surface area (Å²) >= 11 is 1.69. The fraction of sp³-hybridized carbons (Fsp3) is 0.105. The topological polar surface area (TPSA) is 55.1 Å². The highest BCUT2D eigenvalue weighted by Crippen LogP contribution is 2.22. The van der Waals surface area contributed by atoms with Crippen molar-refractivity contribution >= 4 is 23.2 Å². The summed E-state index contributed by atoms with van der Waals surface area (Å²) in [5, 5.41) is 8.72. The minimum Gasteiger partial charge on any atom is -0.369 e. The highest BCUT2D eigenvalue weighted by Gasteiger charge is 2.08. The lowest BCUT2D eigenvalue weighted by Crippen LogP contribution is -2.09. The van der Waals surface area contributed by atoms with Crippen LogP contribution in [0.1, 0.15) is 0 Å². The fourth-order valence-corrected chi connectivity index (χ4v) is 3.30. The number of benzene rings is 1. The van der Waals surface area contributed by atoms with Crippen LogP contribution in [0, 0.1) is 5.82 Å². The van der Waals surface area contributed by atoms with Gasteiger partial charge in [-0.25, -0.2) is 14.4 Å². The summed E-state index contributed by atoms with van der Waals surface area (Å²) in [5.41, 5.74) is 2.38. The number of halogens is 1. The van der Waals surface area contributed by atoms with Gasteiger partial charge in [0.25, 0.3) is 0 Å². The molecule has 0 aliphatic heterocycles. The van der Waals surface area contributed by atoms with Crippen LogP contribution >= 0.6 is 11.8 Å². The Bertz CT molecular complexity index is 1000. The third-order valence-corrected chi connectivity index (χ3v) is 4.74. The van der Waals surface area contributed by atoms with Gasteiger partial charge in [-0.3, -0.25) is 0 Å². The Kier molecular flexibility index (Phi) is 4.79. The SMILES string of the molecule is Fc1ccc(-c2cc(NCCSc3ccccn3)n3nccc3n2)cc1. The average Bonchev–Trinajstić information content (AvgIpc) is 3.15. The highest BCUT2D eigenvalue weighted by atomic mass is 32.2. The number of aromatic nitrogens is 4. The van der Waals surface area contributed by atoms with Crippen molar-refractivity contribution in [3.63, 3.8) is 0 Å². The molecule has 1 N–H and O–H groups in total. The lowest BCUT2D eigenvalue weighted by atomic mass is 10.1. The molecule has 0 radical (unpaired) electrons. The largest absolute Gasteiger partial charge is 0.369 e. The number of fused-ring (bicyclic) bond motifs is 1. The molecule has 0 bridgehead atoms. The van der Waals surface area contributed by atoms with Crippen LogP contribution in [0.2, 0.25) is 0 Å². The molecule has 0 spiro atoms. The highest BCUT2D eigenvalue weighted by molar-refractivity contribution is 7.99. The van der Waals surface area contributed by atoms with Gasteiger partial charge in [0, 0.05) is 36.2 Å². The van der Waals surface area contributed by atoms with Gasteiger partial charge >= 0.3 is 0 Å². The normalized spacial score (nSPS) is 11.0. The van der Waals surface area contributed by atoms with E-state index < -0.39 is 0 Å². The van der Waals surface area contributed by atoms with Crippen LogP contribution in [0.15, 0.2) is 72.0 Å². The molecule has 26 heavy (non-hydrogen) atoms. The summed E-state index contributed by atoms with van der Waals surface area (Å²) in [6.07, 6.45) is 3.51. The van der Waals surface area contributed by atoms with Crippen molar-refractivity contribution in [1.82, 2.24) is 19.6 Å². The molecule has 0 fully saturated rings. The Morgan fingerprint density at radius 2 is 1.92 bits per heavy atom. The Balaban J connectivity index is 1.52. The van der Waals surface area contributed by atoms with Gasteiger partial charge in [0.05, 0.1) is 16.9 Å².